The molecule has 1 aliphatic rings. The molecular formula is C20H33FIN3OS. The van der Waals surface area contributed by atoms with Crippen molar-refractivity contribution in [1.82, 2.24) is 10.6 Å². The first-order valence-electron chi connectivity index (χ1n) is 9.57. The second kappa shape index (κ2) is 12.8. The van der Waals surface area contributed by atoms with Gasteiger partial charge < -0.3 is 15.4 Å². The minimum Gasteiger partial charge on any atom is -0.381 e. The summed E-state index contributed by atoms with van der Waals surface area (Å²) in [6.07, 6.45) is 2.96. The molecule has 1 aliphatic heterocycles. The molecule has 2 N–H and O–H groups in total. The molecule has 154 valence electrons. The van der Waals surface area contributed by atoms with Crippen molar-refractivity contribution < 1.29 is 9.13 Å². The van der Waals surface area contributed by atoms with Gasteiger partial charge in [-0.2, -0.15) is 11.8 Å². The highest BCUT2D eigenvalue weighted by Gasteiger charge is 2.32. The Morgan fingerprint density at radius 3 is 2.63 bits per heavy atom. The van der Waals surface area contributed by atoms with Gasteiger partial charge in [-0.25, -0.2) is 4.39 Å². The first-order valence-corrected chi connectivity index (χ1v) is 10.6. The van der Waals surface area contributed by atoms with Crippen LogP contribution in [0.2, 0.25) is 0 Å². The molecule has 0 radical (unpaired) electrons. The monoisotopic (exact) mass is 509 g/mol. The van der Waals surface area contributed by atoms with Crippen molar-refractivity contribution in [1.29, 1.82) is 0 Å². The van der Waals surface area contributed by atoms with E-state index < -0.39 is 0 Å². The fraction of sp³-hybridized carbons (Fsp3) is 0.650. The van der Waals surface area contributed by atoms with E-state index in [1.165, 1.54) is 6.07 Å². The van der Waals surface area contributed by atoms with Crippen molar-refractivity contribution in [2.45, 2.75) is 44.8 Å². The van der Waals surface area contributed by atoms with Crippen LogP contribution < -0.4 is 10.6 Å². The van der Waals surface area contributed by atoms with Gasteiger partial charge >= 0.3 is 0 Å². The first kappa shape index (κ1) is 24.5. The van der Waals surface area contributed by atoms with Gasteiger partial charge in [0.1, 0.15) is 5.82 Å². The zero-order valence-electron chi connectivity index (χ0n) is 16.6. The summed E-state index contributed by atoms with van der Waals surface area (Å²) in [5.41, 5.74) is 2.16. The molecule has 1 fully saturated rings. The van der Waals surface area contributed by atoms with Crippen LogP contribution in [0, 0.1) is 12.7 Å². The Balaban J connectivity index is 0.00000364. The summed E-state index contributed by atoms with van der Waals surface area (Å²) in [4.78, 5) is 4.85. The average molecular weight is 509 g/mol. The van der Waals surface area contributed by atoms with Crippen LogP contribution in [0.4, 0.5) is 4.39 Å². The predicted octanol–water partition coefficient (Wildman–Crippen LogP) is 4.15. The molecule has 0 bridgehead atoms. The Bertz CT molecular complexity index is 589. The summed E-state index contributed by atoms with van der Waals surface area (Å²) < 4.78 is 19.0. The average Bonchev–Trinajstić information content (AvgIpc) is 2.62. The number of aliphatic imine (C=N–C) groups is 1. The highest BCUT2D eigenvalue weighted by molar-refractivity contribution is 14.0. The lowest BCUT2D eigenvalue weighted by Gasteiger charge is -2.35. The normalized spacial score (nSPS) is 16.5. The fourth-order valence-electron chi connectivity index (χ4n) is 3.22. The van der Waals surface area contributed by atoms with Gasteiger partial charge in [0, 0.05) is 31.1 Å². The van der Waals surface area contributed by atoms with E-state index in [1.807, 2.05) is 24.8 Å². The van der Waals surface area contributed by atoms with Gasteiger partial charge in [0.15, 0.2) is 5.96 Å². The van der Waals surface area contributed by atoms with Crippen molar-refractivity contribution in [3.05, 3.63) is 35.1 Å². The summed E-state index contributed by atoms with van der Waals surface area (Å²) in [6.45, 7) is 10.3. The third-order valence-corrected chi connectivity index (χ3v) is 6.15. The van der Waals surface area contributed by atoms with Crippen LogP contribution in [0.5, 0.6) is 0 Å². The van der Waals surface area contributed by atoms with E-state index in [0.717, 1.165) is 74.9 Å². The number of rotatable bonds is 8. The number of nitrogens with zero attached hydrogens (tertiary/aromatic N) is 1. The van der Waals surface area contributed by atoms with Crippen LogP contribution in [-0.4, -0.2) is 49.3 Å². The highest BCUT2D eigenvalue weighted by Crippen LogP contribution is 2.35. The Labute approximate surface area is 184 Å². The molecule has 0 amide bonds. The molecule has 0 aliphatic carbocycles. The molecule has 0 unspecified atom stereocenters. The van der Waals surface area contributed by atoms with Crippen molar-refractivity contribution in [3.8, 4) is 0 Å². The van der Waals surface area contributed by atoms with Crippen molar-refractivity contribution in [2.75, 3.05) is 38.6 Å². The van der Waals surface area contributed by atoms with E-state index in [4.69, 9.17) is 9.73 Å². The van der Waals surface area contributed by atoms with E-state index in [2.05, 4.69) is 24.5 Å². The molecule has 0 atom stereocenters. The number of hydrogen-bond donors (Lipinski definition) is 2. The smallest absolute Gasteiger partial charge is 0.191 e. The number of guanidine groups is 1. The molecule has 1 aromatic carbocycles. The van der Waals surface area contributed by atoms with E-state index >= 15 is 0 Å². The van der Waals surface area contributed by atoms with Gasteiger partial charge in [-0.15, -0.1) is 24.0 Å². The lowest BCUT2D eigenvalue weighted by Crippen LogP contribution is -2.41. The summed E-state index contributed by atoms with van der Waals surface area (Å²) in [6, 6.07) is 4.98. The zero-order chi connectivity index (χ0) is 18.8. The minimum atomic E-state index is -0.177. The number of nitrogens with one attached hydrogen (secondary N) is 2. The second-order valence-electron chi connectivity index (χ2n) is 6.67. The van der Waals surface area contributed by atoms with Gasteiger partial charge in [-0.1, -0.05) is 13.0 Å². The molecule has 1 aromatic rings. The maximum atomic E-state index is 13.2. The van der Waals surface area contributed by atoms with Crippen LogP contribution in [0.3, 0.4) is 0 Å². The molecule has 0 spiro atoms. The van der Waals surface area contributed by atoms with Crippen LogP contribution in [0.15, 0.2) is 23.2 Å². The molecule has 4 nitrogen and oxygen atoms in total. The van der Waals surface area contributed by atoms with E-state index in [1.54, 1.807) is 6.07 Å². The zero-order valence-corrected chi connectivity index (χ0v) is 19.8. The predicted molar refractivity (Wildman–Crippen MR) is 125 cm³/mol. The highest BCUT2D eigenvalue weighted by atomic mass is 127. The number of aryl methyl sites for hydroxylation is 1. The van der Waals surface area contributed by atoms with Crippen LogP contribution in [-0.2, 0) is 11.2 Å². The minimum absolute atomic E-state index is 0. The van der Waals surface area contributed by atoms with Gasteiger partial charge in [-0.3, -0.25) is 4.99 Å². The van der Waals surface area contributed by atoms with E-state index in [9.17, 15) is 4.39 Å². The Kier molecular flexibility index (Phi) is 11.6. The summed E-state index contributed by atoms with van der Waals surface area (Å²) >= 11 is 2.01. The lowest BCUT2D eigenvalue weighted by atomic mass is 9.99. The Hall–Kier alpha value is -0.540. The van der Waals surface area contributed by atoms with Crippen LogP contribution >= 0.6 is 35.7 Å². The number of benzene rings is 1. The topological polar surface area (TPSA) is 45.7 Å². The molecule has 7 heteroatoms. The third kappa shape index (κ3) is 8.15. The van der Waals surface area contributed by atoms with E-state index in [-0.39, 0.29) is 34.5 Å². The van der Waals surface area contributed by atoms with Crippen LogP contribution in [0.25, 0.3) is 0 Å². The first-order chi connectivity index (χ1) is 12.6. The largest absolute Gasteiger partial charge is 0.381 e. The Morgan fingerprint density at radius 1 is 1.26 bits per heavy atom. The summed E-state index contributed by atoms with van der Waals surface area (Å²) in [5, 5.41) is 6.74. The number of thioether (sulfide) groups is 1. The SMILES string of the molecule is CCNC(=NCC1(SCC)CCOCC1)NCCc1ccc(F)cc1C.I. The van der Waals surface area contributed by atoms with Gasteiger partial charge in [-0.05, 0) is 62.1 Å². The Morgan fingerprint density at radius 2 is 2.00 bits per heavy atom. The van der Waals surface area contributed by atoms with Crippen LogP contribution in [0.1, 0.15) is 37.8 Å². The summed E-state index contributed by atoms with van der Waals surface area (Å²) in [7, 11) is 0. The maximum absolute atomic E-state index is 13.2. The quantitative estimate of drug-likeness (QED) is 0.314. The maximum Gasteiger partial charge on any atom is 0.191 e. The molecular weight excluding hydrogens is 476 g/mol. The number of hydrogen-bond acceptors (Lipinski definition) is 3. The fourth-order valence-corrected chi connectivity index (χ4v) is 4.44. The van der Waals surface area contributed by atoms with Crippen molar-refractivity contribution in [2.24, 2.45) is 4.99 Å². The molecule has 0 aromatic heterocycles. The molecule has 0 saturated carbocycles. The molecule has 2 rings (SSSR count). The summed E-state index contributed by atoms with van der Waals surface area (Å²) in [5.74, 6) is 1.78. The van der Waals surface area contributed by atoms with Crippen molar-refractivity contribution in [3.63, 3.8) is 0 Å². The van der Waals surface area contributed by atoms with Crippen molar-refractivity contribution >= 4 is 41.7 Å². The molecule has 1 heterocycles. The third-order valence-electron chi connectivity index (χ3n) is 4.72. The lowest BCUT2D eigenvalue weighted by molar-refractivity contribution is 0.0793. The van der Waals surface area contributed by atoms with E-state index in [0.29, 0.717) is 0 Å². The number of ether oxygens (including phenoxy) is 1. The standard InChI is InChI=1S/C20H32FN3OS.HI/c1-4-22-19(23-11-8-17-6-7-18(21)14-16(17)3)24-15-20(26-5-2)9-12-25-13-10-20;/h6-7,14H,4-5,8-13,15H2,1-3H3,(H2,22,23,24);1H. The second-order valence-corrected chi connectivity index (χ2v) is 8.40. The van der Waals surface area contributed by atoms with Gasteiger partial charge in [0.25, 0.3) is 0 Å². The van der Waals surface area contributed by atoms with Gasteiger partial charge in [0.05, 0.1) is 6.54 Å². The molecule has 1 saturated heterocycles. The van der Waals surface area contributed by atoms with Gasteiger partial charge in [0.2, 0.25) is 0 Å². The molecule has 27 heavy (non-hydrogen) atoms. The number of halogens is 2.